The standard InChI is InChI=1S/C15H28N2O3/c1-5-6-7-13(15(19)20)16-14(18)12(4)17-10(2)8-9-11(17)3/h10-13H,5-9H2,1-4H3,(H,16,18)(H,19,20). The van der Waals surface area contributed by atoms with Gasteiger partial charge in [0.15, 0.2) is 0 Å². The lowest BCUT2D eigenvalue weighted by atomic mass is 10.1. The molecule has 0 aromatic rings. The zero-order chi connectivity index (χ0) is 15.3. The van der Waals surface area contributed by atoms with Crippen LogP contribution in [0.5, 0.6) is 0 Å². The molecule has 0 spiro atoms. The minimum Gasteiger partial charge on any atom is -0.480 e. The number of rotatable bonds is 7. The molecule has 1 amide bonds. The third kappa shape index (κ3) is 4.20. The second-order valence-electron chi connectivity index (χ2n) is 5.94. The van der Waals surface area contributed by atoms with E-state index in [1.807, 2.05) is 13.8 Å². The number of carbonyl (C=O) groups excluding carboxylic acids is 1. The van der Waals surface area contributed by atoms with Crippen LogP contribution in [0.4, 0.5) is 0 Å². The number of hydrogen-bond acceptors (Lipinski definition) is 3. The van der Waals surface area contributed by atoms with E-state index in [1.165, 1.54) is 0 Å². The van der Waals surface area contributed by atoms with E-state index in [9.17, 15) is 14.7 Å². The largest absolute Gasteiger partial charge is 0.480 e. The number of hydrogen-bond donors (Lipinski definition) is 2. The molecule has 1 fully saturated rings. The van der Waals surface area contributed by atoms with E-state index in [0.717, 1.165) is 25.7 Å². The predicted molar refractivity (Wildman–Crippen MR) is 78.6 cm³/mol. The van der Waals surface area contributed by atoms with Gasteiger partial charge in [-0.15, -0.1) is 0 Å². The molecule has 0 radical (unpaired) electrons. The van der Waals surface area contributed by atoms with E-state index in [4.69, 9.17) is 0 Å². The smallest absolute Gasteiger partial charge is 0.326 e. The molecule has 5 heteroatoms. The summed E-state index contributed by atoms with van der Waals surface area (Å²) in [6, 6.07) is -0.279. The molecule has 0 bridgehead atoms. The summed E-state index contributed by atoms with van der Waals surface area (Å²) in [6.45, 7) is 8.13. The average Bonchev–Trinajstić information content (AvgIpc) is 2.72. The van der Waals surface area contributed by atoms with Crippen LogP contribution in [0.15, 0.2) is 0 Å². The molecule has 0 aromatic carbocycles. The lowest BCUT2D eigenvalue weighted by Crippen LogP contribution is -2.52. The third-order valence-electron chi connectivity index (χ3n) is 4.31. The normalized spacial score (nSPS) is 26.2. The first kappa shape index (κ1) is 17.0. The van der Waals surface area contributed by atoms with Crippen molar-refractivity contribution in [3.63, 3.8) is 0 Å². The summed E-state index contributed by atoms with van der Waals surface area (Å²) in [7, 11) is 0. The fourth-order valence-corrected chi connectivity index (χ4v) is 3.07. The Labute approximate surface area is 121 Å². The number of carboxylic acids is 1. The molecule has 0 saturated carbocycles. The van der Waals surface area contributed by atoms with Gasteiger partial charge in [0.05, 0.1) is 6.04 Å². The van der Waals surface area contributed by atoms with E-state index in [-0.39, 0.29) is 11.9 Å². The summed E-state index contributed by atoms with van der Waals surface area (Å²) in [5, 5.41) is 11.9. The molecule has 1 aliphatic heterocycles. The van der Waals surface area contributed by atoms with Crippen molar-refractivity contribution in [2.75, 3.05) is 0 Å². The van der Waals surface area contributed by atoms with Crippen LogP contribution in [-0.4, -0.2) is 46.1 Å². The monoisotopic (exact) mass is 284 g/mol. The summed E-state index contributed by atoms with van der Waals surface area (Å²) in [5.41, 5.74) is 0. The number of unbranched alkanes of at least 4 members (excludes halogenated alkanes) is 1. The van der Waals surface area contributed by atoms with Gasteiger partial charge < -0.3 is 10.4 Å². The maximum Gasteiger partial charge on any atom is 0.326 e. The summed E-state index contributed by atoms with van der Waals surface area (Å²) in [6.07, 6.45) is 4.42. The van der Waals surface area contributed by atoms with Crippen LogP contribution in [0, 0.1) is 0 Å². The molecule has 4 atom stereocenters. The van der Waals surface area contributed by atoms with Gasteiger partial charge in [-0.1, -0.05) is 19.8 Å². The molecule has 116 valence electrons. The number of nitrogens with one attached hydrogen (secondary N) is 1. The maximum absolute atomic E-state index is 12.3. The van der Waals surface area contributed by atoms with E-state index < -0.39 is 12.0 Å². The predicted octanol–water partition coefficient (Wildman–Crippen LogP) is 2.01. The number of carbonyl (C=O) groups is 2. The van der Waals surface area contributed by atoms with E-state index in [1.54, 1.807) is 0 Å². The number of carboxylic acid groups (broad SMARTS) is 1. The zero-order valence-electron chi connectivity index (χ0n) is 13.1. The Morgan fingerprint density at radius 1 is 1.30 bits per heavy atom. The molecule has 0 aliphatic carbocycles. The Morgan fingerprint density at radius 2 is 1.85 bits per heavy atom. The topological polar surface area (TPSA) is 69.6 Å². The van der Waals surface area contributed by atoms with Crippen molar-refractivity contribution < 1.29 is 14.7 Å². The molecule has 1 saturated heterocycles. The molecule has 1 aliphatic rings. The molecular formula is C15H28N2O3. The van der Waals surface area contributed by atoms with Crippen LogP contribution in [-0.2, 0) is 9.59 Å². The van der Waals surface area contributed by atoms with E-state index >= 15 is 0 Å². The van der Waals surface area contributed by atoms with Gasteiger partial charge in [-0.3, -0.25) is 9.69 Å². The Bertz CT molecular complexity index is 336. The minimum absolute atomic E-state index is 0.172. The molecule has 20 heavy (non-hydrogen) atoms. The lowest BCUT2D eigenvalue weighted by Gasteiger charge is -2.32. The van der Waals surface area contributed by atoms with E-state index in [2.05, 4.69) is 24.1 Å². The Hall–Kier alpha value is -1.10. The first-order valence-corrected chi connectivity index (χ1v) is 7.69. The molecule has 4 unspecified atom stereocenters. The molecular weight excluding hydrogens is 256 g/mol. The van der Waals surface area contributed by atoms with Crippen LogP contribution in [0.3, 0.4) is 0 Å². The van der Waals surface area contributed by atoms with Gasteiger partial charge in [0.25, 0.3) is 0 Å². The highest BCUT2D eigenvalue weighted by atomic mass is 16.4. The van der Waals surface area contributed by atoms with Crippen LogP contribution in [0.25, 0.3) is 0 Å². The number of aliphatic carboxylic acids is 1. The second-order valence-corrected chi connectivity index (χ2v) is 5.94. The highest BCUT2D eigenvalue weighted by Gasteiger charge is 2.35. The van der Waals surface area contributed by atoms with Gasteiger partial charge in [-0.2, -0.15) is 0 Å². The number of nitrogens with zero attached hydrogens (tertiary/aromatic N) is 1. The van der Waals surface area contributed by atoms with Crippen molar-refractivity contribution in [3.05, 3.63) is 0 Å². The SMILES string of the molecule is CCCCC(NC(=O)C(C)N1C(C)CCC1C)C(=O)O. The van der Waals surface area contributed by atoms with Crippen molar-refractivity contribution in [1.29, 1.82) is 0 Å². The summed E-state index contributed by atoms with van der Waals surface area (Å²) >= 11 is 0. The van der Waals surface area contributed by atoms with Gasteiger partial charge >= 0.3 is 5.97 Å². The summed E-state index contributed by atoms with van der Waals surface area (Å²) < 4.78 is 0. The van der Waals surface area contributed by atoms with Crippen molar-refractivity contribution >= 4 is 11.9 Å². The molecule has 1 rings (SSSR count). The summed E-state index contributed by atoms with van der Waals surface area (Å²) in [4.78, 5) is 25.7. The number of likely N-dealkylation sites (tertiary alicyclic amines) is 1. The fourth-order valence-electron chi connectivity index (χ4n) is 3.07. The molecule has 1 heterocycles. The molecule has 5 nitrogen and oxygen atoms in total. The highest BCUT2D eigenvalue weighted by molar-refractivity contribution is 5.86. The van der Waals surface area contributed by atoms with Crippen LogP contribution < -0.4 is 5.32 Å². The van der Waals surface area contributed by atoms with Crippen LogP contribution in [0.2, 0.25) is 0 Å². The maximum atomic E-state index is 12.3. The first-order valence-electron chi connectivity index (χ1n) is 7.69. The Kier molecular flexibility index (Phi) is 6.46. The van der Waals surface area contributed by atoms with Gasteiger partial charge in [0.1, 0.15) is 6.04 Å². The molecule has 0 aromatic heterocycles. The average molecular weight is 284 g/mol. The van der Waals surface area contributed by atoms with Crippen molar-refractivity contribution in [1.82, 2.24) is 10.2 Å². The van der Waals surface area contributed by atoms with Crippen LogP contribution >= 0.6 is 0 Å². The Morgan fingerprint density at radius 3 is 2.30 bits per heavy atom. The minimum atomic E-state index is -0.943. The highest BCUT2D eigenvalue weighted by Crippen LogP contribution is 2.25. The van der Waals surface area contributed by atoms with Gasteiger partial charge in [0.2, 0.25) is 5.91 Å². The summed E-state index contributed by atoms with van der Waals surface area (Å²) in [5.74, 6) is -1.12. The van der Waals surface area contributed by atoms with Gasteiger partial charge in [-0.25, -0.2) is 4.79 Å². The van der Waals surface area contributed by atoms with Crippen molar-refractivity contribution in [2.45, 2.75) is 84.0 Å². The third-order valence-corrected chi connectivity index (χ3v) is 4.31. The fraction of sp³-hybridized carbons (Fsp3) is 0.867. The quantitative estimate of drug-likeness (QED) is 0.750. The van der Waals surface area contributed by atoms with E-state index in [0.29, 0.717) is 18.5 Å². The first-order chi connectivity index (χ1) is 9.38. The van der Waals surface area contributed by atoms with Gasteiger partial charge in [-0.05, 0) is 40.0 Å². The van der Waals surface area contributed by atoms with Gasteiger partial charge in [0, 0.05) is 12.1 Å². The Balaban J connectivity index is 2.61. The van der Waals surface area contributed by atoms with Crippen molar-refractivity contribution in [2.24, 2.45) is 0 Å². The lowest BCUT2D eigenvalue weighted by molar-refractivity contribution is -0.143. The second kappa shape index (κ2) is 7.62. The van der Waals surface area contributed by atoms with Crippen LogP contribution in [0.1, 0.15) is 59.8 Å². The number of amides is 1. The zero-order valence-corrected chi connectivity index (χ0v) is 13.1. The van der Waals surface area contributed by atoms with Crippen molar-refractivity contribution in [3.8, 4) is 0 Å². The molecule has 2 N–H and O–H groups in total.